The lowest BCUT2D eigenvalue weighted by Gasteiger charge is -2.11. The standard InChI is InChI=1S/C13H18N4O2S2/c1-9(2)14-15-13-17(5)11-7-6-10(8-12(11)20-13)21(18,19)16(3)4/h6-8H,1-5H3. The first kappa shape index (κ1) is 15.9. The zero-order valence-corrected chi connectivity index (χ0v) is 14.3. The van der Waals surface area contributed by atoms with Gasteiger partial charge in [-0.25, -0.2) is 12.7 Å². The van der Waals surface area contributed by atoms with Crippen LogP contribution in [0, 0.1) is 0 Å². The third-order valence-electron chi connectivity index (χ3n) is 2.89. The van der Waals surface area contributed by atoms with Crippen molar-refractivity contribution in [2.75, 3.05) is 14.1 Å². The van der Waals surface area contributed by atoms with E-state index >= 15 is 0 Å². The molecule has 0 bridgehead atoms. The van der Waals surface area contributed by atoms with E-state index in [4.69, 9.17) is 0 Å². The molecule has 0 unspecified atom stereocenters. The molecule has 2 rings (SSSR count). The molecule has 0 N–H and O–H groups in total. The van der Waals surface area contributed by atoms with Gasteiger partial charge >= 0.3 is 0 Å². The first-order valence-electron chi connectivity index (χ1n) is 6.30. The summed E-state index contributed by atoms with van der Waals surface area (Å²) in [5.74, 6) is 0. The van der Waals surface area contributed by atoms with Crippen LogP contribution in [0.2, 0.25) is 0 Å². The normalized spacial score (nSPS) is 13.1. The van der Waals surface area contributed by atoms with Crippen molar-refractivity contribution in [3.8, 4) is 0 Å². The van der Waals surface area contributed by atoms with Gasteiger partial charge in [0.05, 0.1) is 15.1 Å². The number of nitrogens with zero attached hydrogens (tertiary/aromatic N) is 4. The van der Waals surface area contributed by atoms with E-state index < -0.39 is 10.0 Å². The monoisotopic (exact) mass is 326 g/mol. The van der Waals surface area contributed by atoms with Gasteiger partial charge in [-0.15, -0.1) is 5.10 Å². The predicted molar refractivity (Wildman–Crippen MR) is 86.0 cm³/mol. The molecule has 114 valence electrons. The van der Waals surface area contributed by atoms with Crippen LogP contribution in [0.15, 0.2) is 33.3 Å². The average molecular weight is 326 g/mol. The van der Waals surface area contributed by atoms with E-state index in [2.05, 4.69) is 10.2 Å². The maximum atomic E-state index is 12.2. The summed E-state index contributed by atoms with van der Waals surface area (Å²) in [6.07, 6.45) is 0. The molecule has 0 aliphatic rings. The molecular formula is C13H18N4O2S2. The number of hydrogen-bond acceptors (Lipinski definition) is 5. The SMILES string of the molecule is CC(C)=NN=c1sc2cc(S(=O)(=O)N(C)C)ccc2n1C. The van der Waals surface area contributed by atoms with Gasteiger partial charge in [-0.05, 0) is 32.0 Å². The van der Waals surface area contributed by atoms with Gasteiger partial charge in [0.2, 0.25) is 14.8 Å². The van der Waals surface area contributed by atoms with Gasteiger partial charge in [-0.1, -0.05) is 11.3 Å². The van der Waals surface area contributed by atoms with E-state index in [-0.39, 0.29) is 4.90 Å². The van der Waals surface area contributed by atoms with E-state index in [0.717, 1.165) is 20.7 Å². The van der Waals surface area contributed by atoms with Crippen LogP contribution in [0.1, 0.15) is 13.8 Å². The van der Waals surface area contributed by atoms with E-state index in [1.807, 2.05) is 25.5 Å². The fourth-order valence-corrected chi connectivity index (χ4v) is 3.74. The van der Waals surface area contributed by atoms with E-state index in [0.29, 0.717) is 0 Å². The molecule has 0 aliphatic heterocycles. The lowest BCUT2D eigenvalue weighted by atomic mass is 10.3. The Morgan fingerprint density at radius 1 is 1.29 bits per heavy atom. The summed E-state index contributed by atoms with van der Waals surface area (Å²) in [5, 5.41) is 8.23. The summed E-state index contributed by atoms with van der Waals surface area (Å²) in [5.41, 5.74) is 1.80. The van der Waals surface area contributed by atoms with Crippen molar-refractivity contribution < 1.29 is 8.42 Å². The highest BCUT2D eigenvalue weighted by molar-refractivity contribution is 7.89. The molecule has 0 spiro atoms. The van der Waals surface area contributed by atoms with Crippen molar-refractivity contribution in [1.82, 2.24) is 8.87 Å². The lowest BCUT2D eigenvalue weighted by molar-refractivity contribution is 0.521. The Bertz CT molecular complexity index is 869. The highest BCUT2D eigenvalue weighted by Gasteiger charge is 2.18. The van der Waals surface area contributed by atoms with Gasteiger partial charge in [0.1, 0.15) is 0 Å². The summed E-state index contributed by atoms with van der Waals surface area (Å²) < 4.78 is 28.3. The highest BCUT2D eigenvalue weighted by atomic mass is 32.2. The van der Waals surface area contributed by atoms with Crippen LogP contribution < -0.4 is 4.80 Å². The highest BCUT2D eigenvalue weighted by Crippen LogP contribution is 2.22. The second-order valence-electron chi connectivity index (χ2n) is 5.01. The second kappa shape index (κ2) is 5.70. The Morgan fingerprint density at radius 2 is 1.95 bits per heavy atom. The third kappa shape index (κ3) is 3.07. The lowest BCUT2D eigenvalue weighted by Crippen LogP contribution is -2.22. The van der Waals surface area contributed by atoms with Crippen molar-refractivity contribution in [3.63, 3.8) is 0 Å². The smallest absolute Gasteiger partial charge is 0.242 e. The number of fused-ring (bicyclic) bond motifs is 1. The number of rotatable bonds is 3. The van der Waals surface area contributed by atoms with E-state index in [9.17, 15) is 8.42 Å². The first-order valence-corrected chi connectivity index (χ1v) is 8.56. The van der Waals surface area contributed by atoms with Gasteiger partial charge in [-0.2, -0.15) is 5.10 Å². The van der Waals surface area contributed by atoms with Crippen molar-refractivity contribution in [2.24, 2.45) is 17.3 Å². The molecule has 0 amide bonds. The summed E-state index contributed by atoms with van der Waals surface area (Å²) in [7, 11) is 1.50. The molecule has 21 heavy (non-hydrogen) atoms. The quantitative estimate of drug-likeness (QED) is 0.637. The minimum atomic E-state index is -3.43. The topological polar surface area (TPSA) is 67.0 Å². The summed E-state index contributed by atoms with van der Waals surface area (Å²) >= 11 is 1.41. The van der Waals surface area contributed by atoms with Crippen LogP contribution in [-0.2, 0) is 17.1 Å². The summed E-state index contributed by atoms with van der Waals surface area (Å²) in [4.78, 5) is 1.01. The largest absolute Gasteiger partial charge is 0.318 e. The van der Waals surface area contributed by atoms with Crippen molar-refractivity contribution in [3.05, 3.63) is 23.0 Å². The summed E-state index contributed by atoms with van der Waals surface area (Å²) in [6, 6.07) is 5.09. The molecule has 0 atom stereocenters. The Morgan fingerprint density at radius 3 is 2.52 bits per heavy atom. The van der Waals surface area contributed by atoms with Crippen LogP contribution in [0.4, 0.5) is 0 Å². The summed E-state index contributed by atoms with van der Waals surface area (Å²) in [6.45, 7) is 3.75. The molecule has 1 aromatic heterocycles. The maximum absolute atomic E-state index is 12.2. The first-order chi connectivity index (χ1) is 9.73. The van der Waals surface area contributed by atoms with Crippen molar-refractivity contribution in [2.45, 2.75) is 18.7 Å². The predicted octanol–water partition coefficient (Wildman–Crippen LogP) is 1.79. The molecule has 0 aliphatic carbocycles. The van der Waals surface area contributed by atoms with Gasteiger partial charge in [0.15, 0.2) is 0 Å². The Balaban J connectivity index is 2.67. The van der Waals surface area contributed by atoms with Crippen LogP contribution in [0.25, 0.3) is 10.2 Å². The molecule has 1 aromatic carbocycles. The molecule has 6 nitrogen and oxygen atoms in total. The number of thiazole rings is 1. The molecule has 0 radical (unpaired) electrons. The van der Waals surface area contributed by atoms with Crippen LogP contribution in [0.5, 0.6) is 0 Å². The number of sulfonamides is 1. The number of aromatic nitrogens is 1. The fourth-order valence-electron chi connectivity index (χ4n) is 1.72. The molecule has 1 heterocycles. The Hall–Kier alpha value is -1.51. The van der Waals surface area contributed by atoms with Crippen LogP contribution >= 0.6 is 11.3 Å². The van der Waals surface area contributed by atoms with Crippen molar-refractivity contribution in [1.29, 1.82) is 0 Å². The number of aryl methyl sites for hydroxylation is 1. The third-order valence-corrected chi connectivity index (χ3v) is 5.79. The maximum Gasteiger partial charge on any atom is 0.242 e. The van der Waals surface area contributed by atoms with Gasteiger partial charge in [-0.3, -0.25) is 0 Å². The number of hydrogen-bond donors (Lipinski definition) is 0. The Labute approximate surface area is 128 Å². The second-order valence-corrected chi connectivity index (χ2v) is 8.17. The Kier molecular flexibility index (Phi) is 4.31. The zero-order valence-electron chi connectivity index (χ0n) is 12.7. The van der Waals surface area contributed by atoms with Crippen molar-refractivity contribution >= 4 is 37.3 Å². The molecular weight excluding hydrogens is 308 g/mol. The number of benzene rings is 1. The molecule has 2 aromatic rings. The molecule has 0 fully saturated rings. The zero-order chi connectivity index (χ0) is 15.8. The van der Waals surface area contributed by atoms with Crippen LogP contribution in [-0.4, -0.2) is 37.1 Å². The van der Waals surface area contributed by atoms with E-state index in [1.165, 1.54) is 29.7 Å². The van der Waals surface area contributed by atoms with Gasteiger partial charge in [0.25, 0.3) is 0 Å². The molecule has 0 saturated carbocycles. The molecule has 0 saturated heterocycles. The minimum Gasteiger partial charge on any atom is -0.318 e. The van der Waals surface area contributed by atoms with Crippen LogP contribution in [0.3, 0.4) is 0 Å². The minimum absolute atomic E-state index is 0.281. The fraction of sp³-hybridized carbons (Fsp3) is 0.385. The average Bonchev–Trinajstić information content (AvgIpc) is 2.72. The van der Waals surface area contributed by atoms with E-state index in [1.54, 1.807) is 18.2 Å². The van der Waals surface area contributed by atoms with Gasteiger partial charge < -0.3 is 4.57 Å². The molecule has 8 heteroatoms. The van der Waals surface area contributed by atoms with Gasteiger partial charge in [0, 0.05) is 26.9 Å².